The number of rotatable bonds is 8. The molecule has 2 aromatic heterocycles. The first kappa shape index (κ1) is 20.5. The maximum absolute atomic E-state index is 13.6. The zero-order chi connectivity index (χ0) is 21.0. The summed E-state index contributed by atoms with van der Waals surface area (Å²) in [6, 6.07) is 4.31. The third-order valence-electron chi connectivity index (χ3n) is 4.78. The number of fused-ring (bicyclic) bond motifs is 1. The molecule has 4 N–H and O–H groups in total. The quantitative estimate of drug-likeness (QED) is 0.537. The van der Waals surface area contributed by atoms with Crippen molar-refractivity contribution in [2.75, 3.05) is 17.6 Å². The molecule has 3 rings (SSSR count). The zero-order valence-corrected chi connectivity index (χ0v) is 16.9. The summed E-state index contributed by atoms with van der Waals surface area (Å²) >= 11 is 0. The Morgan fingerprint density at radius 2 is 2.14 bits per heavy atom. The topological polar surface area (TPSA) is 111 Å². The molecule has 0 aliphatic rings. The molecule has 1 amide bonds. The van der Waals surface area contributed by atoms with E-state index >= 15 is 0 Å². The fourth-order valence-corrected chi connectivity index (χ4v) is 3.18. The molecular weight excluding hydrogens is 373 g/mol. The molecule has 0 saturated carbocycles. The number of carbonyl (C=O) groups excluding carboxylic acids is 1. The monoisotopic (exact) mass is 399 g/mol. The molecule has 154 valence electrons. The number of halogens is 1. The van der Waals surface area contributed by atoms with Crippen LogP contribution in [0.3, 0.4) is 0 Å². The van der Waals surface area contributed by atoms with Crippen LogP contribution < -0.4 is 16.4 Å². The molecule has 0 fully saturated rings. The highest BCUT2D eigenvalue weighted by atomic mass is 19.1. The lowest BCUT2D eigenvalue weighted by molar-refractivity contribution is 0.0945. The van der Waals surface area contributed by atoms with Crippen molar-refractivity contribution < 1.29 is 9.18 Å². The molecule has 29 heavy (non-hydrogen) atoms. The second kappa shape index (κ2) is 8.42. The number of nitrogen functional groups attached to an aromatic ring is 1. The van der Waals surface area contributed by atoms with Gasteiger partial charge in [0.1, 0.15) is 11.6 Å². The number of carbonyl (C=O) groups is 1. The molecule has 2 heterocycles. The molecule has 9 heteroatoms. The first-order valence-electron chi connectivity index (χ1n) is 9.57. The van der Waals surface area contributed by atoms with Crippen molar-refractivity contribution in [3.05, 3.63) is 42.0 Å². The van der Waals surface area contributed by atoms with Crippen LogP contribution in [0.15, 0.2) is 30.6 Å². The first-order chi connectivity index (χ1) is 13.8. The fraction of sp³-hybridized carbons (Fsp3) is 0.400. The van der Waals surface area contributed by atoms with Crippen LogP contribution in [-0.4, -0.2) is 37.7 Å². The predicted molar refractivity (Wildman–Crippen MR) is 111 cm³/mol. The molecule has 0 bridgehead atoms. The van der Waals surface area contributed by atoms with E-state index in [2.05, 4.69) is 32.6 Å². The van der Waals surface area contributed by atoms with Crippen LogP contribution in [0.25, 0.3) is 10.9 Å². The zero-order valence-electron chi connectivity index (χ0n) is 16.9. The summed E-state index contributed by atoms with van der Waals surface area (Å²) in [6.07, 6.45) is 5.95. The average Bonchev–Trinajstić information content (AvgIpc) is 3.10. The normalized spacial score (nSPS) is 13.2. The average molecular weight is 399 g/mol. The maximum atomic E-state index is 13.6. The van der Waals surface area contributed by atoms with E-state index in [0.29, 0.717) is 28.8 Å². The van der Waals surface area contributed by atoms with E-state index in [-0.39, 0.29) is 17.7 Å². The molecule has 1 aromatic carbocycles. The van der Waals surface area contributed by atoms with E-state index in [9.17, 15) is 9.18 Å². The first-order valence-corrected chi connectivity index (χ1v) is 9.57. The smallest absolute Gasteiger partial charge is 0.254 e. The highest BCUT2D eigenvalue weighted by molar-refractivity contribution is 5.94. The summed E-state index contributed by atoms with van der Waals surface area (Å²) in [6.45, 7) is 4.49. The predicted octanol–water partition coefficient (Wildman–Crippen LogP) is 2.88. The number of hydrogen-bond acceptors (Lipinski definition) is 6. The Hall–Kier alpha value is -3.23. The van der Waals surface area contributed by atoms with Crippen LogP contribution in [0.1, 0.15) is 43.5 Å². The van der Waals surface area contributed by atoms with E-state index in [4.69, 9.17) is 5.73 Å². The second-order valence-electron chi connectivity index (χ2n) is 7.47. The summed E-state index contributed by atoms with van der Waals surface area (Å²) in [5.41, 5.74) is 6.27. The Kier molecular flexibility index (Phi) is 5.95. The van der Waals surface area contributed by atoms with Gasteiger partial charge in [-0.05, 0) is 25.5 Å². The standard InChI is InChI=1S/C20H26FN7O/c1-4-5-8-20(2,12-23-18(29)13-10-24-28(3)11-13)27-17-15-7-6-14(21)9-16(15)25-19(22)26-17/h6-7,9-11H,4-5,8,12H2,1-3H3,(H,23,29)(H3,22,25,26,27)/t20-/m1/s1. The third kappa shape index (κ3) is 4.98. The minimum Gasteiger partial charge on any atom is -0.368 e. The van der Waals surface area contributed by atoms with Gasteiger partial charge in [-0.25, -0.2) is 9.37 Å². The SMILES string of the molecule is CCCC[C@](C)(CNC(=O)c1cnn(C)c1)Nc1nc(N)nc2cc(F)ccc12. The second-order valence-corrected chi connectivity index (χ2v) is 7.47. The minimum absolute atomic E-state index is 0.0582. The summed E-state index contributed by atoms with van der Waals surface area (Å²) in [5.74, 6) is -0.0136. The van der Waals surface area contributed by atoms with Crippen LogP contribution in [0.2, 0.25) is 0 Å². The molecule has 0 saturated heterocycles. The van der Waals surface area contributed by atoms with E-state index in [1.54, 1.807) is 24.0 Å². The largest absolute Gasteiger partial charge is 0.368 e. The fourth-order valence-electron chi connectivity index (χ4n) is 3.18. The number of aromatic nitrogens is 4. The molecule has 1 atom stereocenters. The molecular formula is C20H26FN7O. The van der Waals surface area contributed by atoms with E-state index in [1.807, 2.05) is 6.92 Å². The number of anilines is 2. The van der Waals surface area contributed by atoms with Crippen molar-refractivity contribution in [3.63, 3.8) is 0 Å². The third-order valence-corrected chi connectivity index (χ3v) is 4.78. The Morgan fingerprint density at radius 3 is 2.83 bits per heavy atom. The van der Waals surface area contributed by atoms with E-state index in [1.165, 1.54) is 18.3 Å². The van der Waals surface area contributed by atoms with E-state index < -0.39 is 5.54 Å². The number of amides is 1. The molecule has 3 aromatic rings. The van der Waals surface area contributed by atoms with Crippen LogP contribution in [-0.2, 0) is 7.05 Å². The number of aryl methyl sites for hydroxylation is 1. The van der Waals surface area contributed by atoms with Gasteiger partial charge in [0.25, 0.3) is 5.91 Å². The summed E-state index contributed by atoms with van der Waals surface area (Å²) < 4.78 is 15.2. The number of nitrogens with one attached hydrogen (secondary N) is 2. The van der Waals surface area contributed by atoms with Crippen molar-refractivity contribution in [2.45, 2.75) is 38.6 Å². The minimum atomic E-state index is -0.490. The molecule has 0 radical (unpaired) electrons. The van der Waals surface area contributed by atoms with Gasteiger partial charge in [-0.15, -0.1) is 0 Å². The van der Waals surface area contributed by atoms with Crippen molar-refractivity contribution in [1.29, 1.82) is 0 Å². The Morgan fingerprint density at radius 1 is 1.34 bits per heavy atom. The molecule has 0 spiro atoms. The Labute approximate surface area is 168 Å². The van der Waals surface area contributed by atoms with Crippen molar-refractivity contribution in [3.8, 4) is 0 Å². The van der Waals surface area contributed by atoms with Crippen LogP contribution in [0.5, 0.6) is 0 Å². The number of hydrogen-bond donors (Lipinski definition) is 3. The van der Waals surface area contributed by atoms with Crippen LogP contribution in [0, 0.1) is 5.82 Å². The molecule has 0 aliphatic carbocycles. The van der Waals surface area contributed by atoms with Gasteiger partial charge in [-0.2, -0.15) is 10.1 Å². The van der Waals surface area contributed by atoms with E-state index in [0.717, 1.165) is 19.3 Å². The molecule has 0 aliphatic heterocycles. The van der Waals surface area contributed by atoms with Gasteiger partial charge in [0.15, 0.2) is 0 Å². The molecule has 8 nitrogen and oxygen atoms in total. The van der Waals surface area contributed by atoms with Gasteiger partial charge in [0.2, 0.25) is 5.95 Å². The molecule has 0 unspecified atom stereocenters. The van der Waals surface area contributed by atoms with Crippen LogP contribution >= 0.6 is 0 Å². The van der Waals surface area contributed by atoms with Gasteiger partial charge in [0, 0.05) is 31.2 Å². The van der Waals surface area contributed by atoms with Gasteiger partial charge in [0.05, 0.1) is 22.8 Å². The lowest BCUT2D eigenvalue weighted by Gasteiger charge is -2.32. The summed E-state index contributed by atoms with van der Waals surface area (Å²) in [7, 11) is 1.76. The maximum Gasteiger partial charge on any atom is 0.254 e. The Balaban J connectivity index is 1.84. The van der Waals surface area contributed by atoms with Crippen LogP contribution in [0.4, 0.5) is 16.2 Å². The highest BCUT2D eigenvalue weighted by Crippen LogP contribution is 2.27. The number of benzene rings is 1. The summed E-state index contributed by atoms with van der Waals surface area (Å²) in [5, 5.41) is 11.1. The van der Waals surface area contributed by atoms with Gasteiger partial charge in [-0.1, -0.05) is 19.8 Å². The van der Waals surface area contributed by atoms with Gasteiger partial charge < -0.3 is 16.4 Å². The number of nitrogens with two attached hydrogens (primary N) is 1. The summed E-state index contributed by atoms with van der Waals surface area (Å²) in [4.78, 5) is 20.9. The number of unbranched alkanes of at least 4 members (excludes halogenated alkanes) is 1. The van der Waals surface area contributed by atoms with Gasteiger partial charge >= 0.3 is 0 Å². The Bertz CT molecular complexity index is 1010. The van der Waals surface area contributed by atoms with Crippen molar-refractivity contribution >= 4 is 28.6 Å². The lowest BCUT2D eigenvalue weighted by Crippen LogP contribution is -2.46. The highest BCUT2D eigenvalue weighted by Gasteiger charge is 2.26. The van der Waals surface area contributed by atoms with Crippen molar-refractivity contribution in [1.82, 2.24) is 25.1 Å². The number of nitrogens with zero attached hydrogens (tertiary/aromatic N) is 4. The van der Waals surface area contributed by atoms with Crippen molar-refractivity contribution in [2.24, 2.45) is 7.05 Å². The lowest BCUT2D eigenvalue weighted by atomic mass is 9.94. The van der Waals surface area contributed by atoms with Gasteiger partial charge in [-0.3, -0.25) is 9.48 Å².